The number of carbonyl (C=O) groups excluding carboxylic acids is 2. The molecule has 2 fully saturated rings. The minimum atomic E-state index is -0.856. The fourth-order valence-electron chi connectivity index (χ4n) is 7.10. The Kier molecular flexibility index (Phi) is 8.47. The van der Waals surface area contributed by atoms with Gasteiger partial charge in [0.15, 0.2) is 0 Å². The molecule has 0 radical (unpaired) electrons. The molecule has 1 saturated heterocycles. The van der Waals surface area contributed by atoms with Crippen LogP contribution in [0.5, 0.6) is 0 Å². The van der Waals surface area contributed by atoms with Crippen molar-refractivity contribution in [1.29, 1.82) is 5.26 Å². The SMILES string of the molecule is C=C(NC)c1ccc2c(c1)CCc1cc(C(=O)NC)ccc1C2(C[C@H](C)NCC(=O)N1C(C#N)C[C@@H]2C[C@@H]21)/C(N)=N/NC. The first kappa shape index (κ1) is 30.1. The van der Waals surface area contributed by atoms with Crippen LogP contribution in [0.25, 0.3) is 5.70 Å². The number of amidine groups is 1. The molecule has 0 spiro atoms. The lowest BCUT2D eigenvalue weighted by Crippen LogP contribution is -2.50. The Morgan fingerprint density at radius 3 is 2.35 bits per heavy atom. The van der Waals surface area contributed by atoms with Crippen molar-refractivity contribution in [2.75, 3.05) is 27.7 Å². The van der Waals surface area contributed by atoms with E-state index >= 15 is 0 Å². The second kappa shape index (κ2) is 12.1. The predicted octanol–water partition coefficient (Wildman–Crippen LogP) is 1.99. The van der Waals surface area contributed by atoms with Gasteiger partial charge in [0.05, 0.1) is 18.0 Å². The molecule has 1 saturated carbocycles. The zero-order valence-corrected chi connectivity index (χ0v) is 25.5. The van der Waals surface area contributed by atoms with Crippen molar-refractivity contribution < 1.29 is 9.59 Å². The highest BCUT2D eigenvalue weighted by Gasteiger charge is 2.54. The van der Waals surface area contributed by atoms with Gasteiger partial charge in [0.25, 0.3) is 5.91 Å². The average Bonchev–Trinajstić information content (AvgIpc) is 3.71. The first-order valence-electron chi connectivity index (χ1n) is 15.0. The zero-order chi connectivity index (χ0) is 30.9. The number of hydrogen-bond acceptors (Lipinski definition) is 7. The number of amides is 2. The molecule has 1 heterocycles. The van der Waals surface area contributed by atoms with Crippen LogP contribution in [-0.4, -0.2) is 68.4 Å². The lowest BCUT2D eigenvalue weighted by atomic mass is 9.67. The number of nitrogens with two attached hydrogens (primary N) is 1. The largest absolute Gasteiger partial charge is 0.388 e. The molecule has 2 amide bonds. The predicted molar refractivity (Wildman–Crippen MR) is 168 cm³/mol. The van der Waals surface area contributed by atoms with Gasteiger partial charge >= 0.3 is 0 Å². The molecule has 5 atom stereocenters. The van der Waals surface area contributed by atoms with E-state index in [2.05, 4.69) is 51.3 Å². The number of piperidine rings is 1. The van der Waals surface area contributed by atoms with Crippen molar-refractivity contribution in [1.82, 2.24) is 26.3 Å². The second-order valence-electron chi connectivity index (χ2n) is 11.9. The number of nitriles is 1. The van der Waals surface area contributed by atoms with E-state index in [1.807, 2.05) is 38.2 Å². The Hall–Kier alpha value is -4.36. The average molecular weight is 583 g/mol. The Morgan fingerprint density at radius 2 is 1.74 bits per heavy atom. The molecule has 43 heavy (non-hydrogen) atoms. The first-order chi connectivity index (χ1) is 20.7. The number of carbonyl (C=O) groups is 2. The van der Waals surface area contributed by atoms with Gasteiger partial charge in [-0.3, -0.25) is 9.59 Å². The molecule has 226 valence electrons. The van der Waals surface area contributed by atoms with E-state index in [9.17, 15) is 14.9 Å². The first-order valence-corrected chi connectivity index (χ1v) is 15.0. The number of nitrogens with one attached hydrogen (secondary N) is 4. The fourth-order valence-corrected chi connectivity index (χ4v) is 7.10. The van der Waals surface area contributed by atoms with E-state index < -0.39 is 5.41 Å². The molecule has 3 aliphatic rings. The molecule has 6 N–H and O–H groups in total. The highest BCUT2D eigenvalue weighted by atomic mass is 16.2. The Bertz CT molecular complexity index is 1440. The third kappa shape index (κ3) is 5.45. The molecule has 2 aromatic rings. The quantitative estimate of drug-likeness (QED) is 0.164. The summed E-state index contributed by atoms with van der Waals surface area (Å²) in [6, 6.07) is 14.1. The summed E-state index contributed by atoms with van der Waals surface area (Å²) in [6.07, 6.45) is 3.73. The van der Waals surface area contributed by atoms with Crippen LogP contribution < -0.4 is 27.1 Å². The number of hydrazone groups is 1. The number of rotatable bonds is 10. The summed E-state index contributed by atoms with van der Waals surface area (Å²) in [4.78, 5) is 27.7. The van der Waals surface area contributed by atoms with Crippen molar-refractivity contribution in [3.05, 3.63) is 76.4 Å². The summed E-state index contributed by atoms with van der Waals surface area (Å²) in [6.45, 7) is 6.34. The number of benzene rings is 2. The third-order valence-corrected chi connectivity index (χ3v) is 9.36. The van der Waals surface area contributed by atoms with E-state index in [1.54, 1.807) is 19.0 Å². The van der Waals surface area contributed by atoms with Crippen molar-refractivity contribution in [3.63, 3.8) is 0 Å². The maximum atomic E-state index is 13.3. The summed E-state index contributed by atoms with van der Waals surface area (Å²) in [5, 5.41) is 23.5. The maximum absolute atomic E-state index is 13.3. The van der Waals surface area contributed by atoms with Gasteiger partial charge in [-0.1, -0.05) is 24.8 Å². The van der Waals surface area contributed by atoms with Crippen molar-refractivity contribution in [2.24, 2.45) is 16.8 Å². The van der Waals surface area contributed by atoms with Crippen molar-refractivity contribution >= 4 is 23.3 Å². The summed E-state index contributed by atoms with van der Waals surface area (Å²) in [7, 11) is 5.20. The van der Waals surface area contributed by atoms with Gasteiger partial charge in [-0.2, -0.15) is 10.4 Å². The number of aryl methyl sites for hydroxylation is 2. The monoisotopic (exact) mass is 582 g/mol. The van der Waals surface area contributed by atoms with Crippen LogP contribution >= 0.6 is 0 Å². The van der Waals surface area contributed by atoms with Gasteiger partial charge in [0.2, 0.25) is 5.91 Å². The smallest absolute Gasteiger partial charge is 0.251 e. The van der Waals surface area contributed by atoms with E-state index in [0.29, 0.717) is 30.2 Å². The number of nitrogens with zero attached hydrogens (tertiary/aromatic N) is 3. The van der Waals surface area contributed by atoms with Crippen LogP contribution in [0.15, 0.2) is 48.1 Å². The van der Waals surface area contributed by atoms with Crippen LogP contribution in [0.4, 0.5) is 0 Å². The van der Waals surface area contributed by atoms with Crippen LogP contribution in [-0.2, 0) is 23.1 Å². The molecule has 2 aliphatic carbocycles. The molecule has 2 unspecified atom stereocenters. The van der Waals surface area contributed by atoms with Crippen LogP contribution in [0.1, 0.15) is 64.4 Å². The minimum absolute atomic E-state index is 0.0404. The van der Waals surface area contributed by atoms with Gasteiger partial charge < -0.3 is 32.0 Å². The number of fused-ring (bicyclic) bond motifs is 3. The van der Waals surface area contributed by atoms with E-state index in [-0.39, 0.29) is 36.5 Å². The van der Waals surface area contributed by atoms with E-state index in [4.69, 9.17) is 5.73 Å². The topological polar surface area (TPSA) is 148 Å². The highest BCUT2D eigenvalue weighted by molar-refractivity contribution is 5.98. The lowest BCUT2D eigenvalue weighted by molar-refractivity contribution is -0.131. The van der Waals surface area contributed by atoms with Crippen molar-refractivity contribution in [2.45, 2.75) is 62.6 Å². The molecular formula is C33H42N8O2. The number of likely N-dealkylation sites (tertiary alicyclic amines) is 1. The van der Waals surface area contributed by atoms with E-state index in [0.717, 1.165) is 52.8 Å². The summed E-state index contributed by atoms with van der Waals surface area (Å²) in [5.74, 6) is 0.677. The Morgan fingerprint density at radius 1 is 1.09 bits per heavy atom. The summed E-state index contributed by atoms with van der Waals surface area (Å²) < 4.78 is 0. The maximum Gasteiger partial charge on any atom is 0.251 e. The van der Waals surface area contributed by atoms with Gasteiger partial charge in [0, 0.05) is 44.5 Å². The molecule has 2 aromatic carbocycles. The minimum Gasteiger partial charge on any atom is -0.388 e. The van der Waals surface area contributed by atoms with Crippen LogP contribution in [0, 0.1) is 17.2 Å². The van der Waals surface area contributed by atoms with Crippen LogP contribution in [0.2, 0.25) is 0 Å². The van der Waals surface area contributed by atoms with Gasteiger partial charge in [-0.15, -0.1) is 0 Å². The van der Waals surface area contributed by atoms with Gasteiger partial charge in [-0.25, -0.2) is 0 Å². The van der Waals surface area contributed by atoms with Gasteiger partial charge in [0.1, 0.15) is 11.9 Å². The zero-order valence-electron chi connectivity index (χ0n) is 25.5. The molecular weight excluding hydrogens is 540 g/mol. The molecule has 1 aliphatic heterocycles. The third-order valence-electron chi connectivity index (χ3n) is 9.36. The Labute approximate surface area is 253 Å². The Balaban J connectivity index is 1.56. The van der Waals surface area contributed by atoms with Crippen molar-refractivity contribution in [3.8, 4) is 6.07 Å². The molecule has 0 aromatic heterocycles. The standard InChI is InChI=1S/C33H42N8O2/c1-19(39-18-30(42)41-26(17-34)14-25-15-29(25)41)16-33(32(35)40-38-5)27-10-8-21(20(2)36-3)12-22(27)6-7-23-13-24(31(43)37-4)9-11-28(23)33/h8-13,19,25-26,29,36,38-39H,2,6-7,14-16,18H2,1,3-5H3,(H2,35,40)(H,37,43)/t19-,25+,26?,29-,33?/m0/s1. The van der Waals surface area contributed by atoms with E-state index in [1.165, 1.54) is 0 Å². The fraction of sp³-hybridized carbons (Fsp3) is 0.455. The number of hydrogen-bond donors (Lipinski definition) is 5. The normalized spacial score (nSPS) is 24.4. The molecule has 10 heteroatoms. The molecule has 5 rings (SSSR count). The molecule has 10 nitrogen and oxygen atoms in total. The molecule has 0 bridgehead atoms. The van der Waals surface area contributed by atoms with Crippen LogP contribution in [0.3, 0.4) is 0 Å². The summed E-state index contributed by atoms with van der Waals surface area (Å²) in [5.41, 5.74) is 15.5. The second-order valence-corrected chi connectivity index (χ2v) is 11.9. The van der Waals surface area contributed by atoms with Gasteiger partial charge in [-0.05, 0) is 91.0 Å². The summed E-state index contributed by atoms with van der Waals surface area (Å²) >= 11 is 0. The highest BCUT2D eigenvalue weighted by Crippen LogP contribution is 2.48. The lowest BCUT2D eigenvalue weighted by Gasteiger charge is -2.38.